The first-order valence-corrected chi connectivity index (χ1v) is 13.8. The van der Waals surface area contributed by atoms with E-state index in [-0.39, 0.29) is 30.8 Å². The monoisotopic (exact) mass is 678 g/mol. The fourth-order valence-electron chi connectivity index (χ4n) is 3.86. The van der Waals surface area contributed by atoms with Gasteiger partial charge in [0.05, 0.1) is 22.1 Å². The van der Waals surface area contributed by atoms with Gasteiger partial charge in [-0.1, -0.05) is 29.8 Å². The number of hydrogen-bond acceptors (Lipinski definition) is 8. The van der Waals surface area contributed by atoms with E-state index in [1.165, 1.54) is 7.11 Å². The molecule has 9 nitrogen and oxygen atoms in total. The molecule has 3 aromatic rings. The van der Waals surface area contributed by atoms with Crippen molar-refractivity contribution in [3.63, 3.8) is 0 Å². The van der Waals surface area contributed by atoms with E-state index < -0.39 is 11.1 Å². The van der Waals surface area contributed by atoms with E-state index in [1.54, 1.807) is 42.5 Å². The molecule has 1 N–H and O–H groups in total. The van der Waals surface area contributed by atoms with E-state index in [9.17, 15) is 14.4 Å². The quantitative estimate of drug-likeness (QED) is 0.231. The van der Waals surface area contributed by atoms with Crippen LogP contribution in [0.5, 0.6) is 23.0 Å². The van der Waals surface area contributed by atoms with E-state index in [0.29, 0.717) is 48.4 Å². The lowest BCUT2D eigenvalue weighted by molar-refractivity contribution is -0.123. The van der Waals surface area contributed by atoms with Crippen LogP contribution < -0.4 is 24.3 Å². The van der Waals surface area contributed by atoms with Crippen LogP contribution in [0.15, 0.2) is 59.5 Å². The van der Waals surface area contributed by atoms with Gasteiger partial charge in [-0.2, -0.15) is 0 Å². The van der Waals surface area contributed by atoms with Crippen molar-refractivity contribution in [2.45, 2.75) is 6.54 Å². The molecule has 0 aromatic heterocycles. The number of benzene rings is 3. The fraction of sp³-hybridized carbons (Fsp3) is 0.148. The summed E-state index contributed by atoms with van der Waals surface area (Å²) in [5.74, 6) is 1.05. The van der Waals surface area contributed by atoms with Crippen molar-refractivity contribution in [3.05, 3.63) is 79.2 Å². The Morgan fingerprint density at radius 2 is 1.90 bits per heavy atom. The third-order valence-corrected chi connectivity index (χ3v) is 7.76. The van der Waals surface area contributed by atoms with Gasteiger partial charge in [0.25, 0.3) is 17.1 Å². The minimum atomic E-state index is -0.439. The molecule has 0 radical (unpaired) electrons. The van der Waals surface area contributed by atoms with Gasteiger partial charge in [-0.3, -0.25) is 19.3 Å². The predicted molar refractivity (Wildman–Crippen MR) is 155 cm³/mol. The number of halogens is 2. The van der Waals surface area contributed by atoms with Crippen LogP contribution in [0.25, 0.3) is 6.08 Å². The number of fused-ring (bicyclic) bond motifs is 1. The second-order valence-electron chi connectivity index (χ2n) is 8.30. The summed E-state index contributed by atoms with van der Waals surface area (Å²) in [5.41, 5.74) is 1.86. The number of carbonyl (C=O) groups excluding carboxylic acids is 3. The Kier molecular flexibility index (Phi) is 8.19. The van der Waals surface area contributed by atoms with Crippen LogP contribution in [0.1, 0.15) is 11.1 Å². The number of para-hydroxylation sites is 1. The maximum Gasteiger partial charge on any atom is 0.293 e. The minimum Gasteiger partial charge on any atom is -0.493 e. The first kappa shape index (κ1) is 27.2. The Hall–Kier alpha value is -3.42. The van der Waals surface area contributed by atoms with Gasteiger partial charge >= 0.3 is 0 Å². The number of anilines is 1. The maximum atomic E-state index is 13.1. The van der Waals surface area contributed by atoms with Crippen LogP contribution in [-0.4, -0.2) is 42.5 Å². The first-order chi connectivity index (χ1) is 18.8. The molecule has 2 aliphatic heterocycles. The summed E-state index contributed by atoms with van der Waals surface area (Å²) in [6.45, 7) is -0.134. The predicted octanol–water partition coefficient (Wildman–Crippen LogP) is 5.94. The van der Waals surface area contributed by atoms with Crippen LogP contribution in [-0.2, 0) is 16.1 Å². The smallest absolute Gasteiger partial charge is 0.293 e. The Labute approximate surface area is 246 Å². The highest BCUT2D eigenvalue weighted by Gasteiger charge is 2.36. The van der Waals surface area contributed by atoms with Gasteiger partial charge in [0, 0.05) is 16.8 Å². The summed E-state index contributed by atoms with van der Waals surface area (Å²) in [4.78, 5) is 39.5. The summed E-state index contributed by atoms with van der Waals surface area (Å²) in [6.07, 6.45) is 1.61. The minimum absolute atomic E-state index is 0.00381. The van der Waals surface area contributed by atoms with Gasteiger partial charge < -0.3 is 24.3 Å². The average molecular weight is 679 g/mol. The van der Waals surface area contributed by atoms with Crippen molar-refractivity contribution in [1.82, 2.24) is 4.90 Å². The number of methoxy groups -OCH3 is 1. The van der Waals surface area contributed by atoms with Crippen molar-refractivity contribution >= 4 is 74.8 Å². The van der Waals surface area contributed by atoms with Gasteiger partial charge in [0.1, 0.15) is 0 Å². The molecule has 0 atom stereocenters. The fourth-order valence-corrected chi connectivity index (χ4v) is 5.69. The molecular weight excluding hydrogens is 659 g/mol. The number of imide groups is 1. The van der Waals surface area contributed by atoms with E-state index in [4.69, 9.17) is 30.5 Å². The van der Waals surface area contributed by atoms with Crippen molar-refractivity contribution in [3.8, 4) is 23.0 Å². The molecule has 1 fully saturated rings. The summed E-state index contributed by atoms with van der Waals surface area (Å²) >= 11 is 9.25. The summed E-state index contributed by atoms with van der Waals surface area (Å²) < 4.78 is 22.6. The molecule has 5 rings (SSSR count). The van der Waals surface area contributed by atoms with Crippen LogP contribution in [0.2, 0.25) is 5.02 Å². The van der Waals surface area contributed by atoms with Crippen molar-refractivity contribution in [2.75, 3.05) is 25.8 Å². The molecule has 12 heteroatoms. The largest absolute Gasteiger partial charge is 0.493 e. The van der Waals surface area contributed by atoms with Gasteiger partial charge in [-0.15, -0.1) is 0 Å². The standard InChI is InChI=1S/C27H20ClIN2O7S/c1-35-22-8-15(7-19(29)25(22)36-13-24(32)30-17-5-3-2-4-6-17)9-23-26(33)31(27(34)39-23)12-16-10-20-21(11-18(16)28)38-14-37-20/h2-11H,12-14H2,1H3,(H,30,32)/b23-9-. The van der Waals surface area contributed by atoms with Crippen molar-refractivity contribution < 1.29 is 33.3 Å². The average Bonchev–Trinajstić information content (AvgIpc) is 3.47. The molecule has 0 bridgehead atoms. The first-order valence-electron chi connectivity index (χ1n) is 11.5. The zero-order valence-electron chi connectivity index (χ0n) is 20.4. The molecule has 0 aliphatic carbocycles. The second-order valence-corrected chi connectivity index (χ2v) is 10.9. The molecule has 0 spiro atoms. The van der Waals surface area contributed by atoms with Crippen LogP contribution in [0.3, 0.4) is 0 Å². The lowest BCUT2D eigenvalue weighted by Gasteiger charge is -2.14. The van der Waals surface area contributed by atoms with E-state index in [1.807, 2.05) is 18.2 Å². The van der Waals surface area contributed by atoms with E-state index in [0.717, 1.165) is 16.7 Å². The van der Waals surface area contributed by atoms with Crippen LogP contribution in [0, 0.1) is 3.57 Å². The summed E-state index contributed by atoms with van der Waals surface area (Å²) in [5, 5.41) is 2.72. The lowest BCUT2D eigenvalue weighted by atomic mass is 10.1. The number of hydrogen-bond donors (Lipinski definition) is 1. The maximum absolute atomic E-state index is 13.1. The highest BCUT2D eigenvalue weighted by Crippen LogP contribution is 2.40. The summed E-state index contributed by atoms with van der Waals surface area (Å²) in [7, 11) is 1.48. The highest BCUT2D eigenvalue weighted by molar-refractivity contribution is 14.1. The van der Waals surface area contributed by atoms with Crippen LogP contribution >= 0.6 is 46.0 Å². The van der Waals surface area contributed by atoms with Gasteiger partial charge in [0.2, 0.25) is 6.79 Å². The van der Waals surface area contributed by atoms with Gasteiger partial charge in [0.15, 0.2) is 29.6 Å². The molecule has 39 heavy (non-hydrogen) atoms. The second kappa shape index (κ2) is 11.8. The van der Waals surface area contributed by atoms with E-state index >= 15 is 0 Å². The lowest BCUT2D eigenvalue weighted by Crippen LogP contribution is -2.27. The van der Waals surface area contributed by atoms with Crippen molar-refractivity contribution in [1.29, 1.82) is 0 Å². The number of ether oxygens (including phenoxy) is 4. The molecule has 1 saturated heterocycles. The third kappa shape index (κ3) is 6.10. The highest BCUT2D eigenvalue weighted by atomic mass is 127. The molecule has 0 saturated carbocycles. The molecule has 3 amide bonds. The molecule has 0 unspecified atom stereocenters. The van der Waals surface area contributed by atoms with Gasteiger partial charge in [-0.05, 0) is 81.9 Å². The topological polar surface area (TPSA) is 103 Å². The number of carbonyl (C=O) groups is 3. The van der Waals surface area contributed by atoms with Crippen molar-refractivity contribution in [2.24, 2.45) is 0 Å². The Morgan fingerprint density at radius 3 is 2.64 bits per heavy atom. The third-order valence-electron chi connectivity index (χ3n) is 5.70. The number of nitrogens with zero attached hydrogens (tertiary/aromatic N) is 1. The van der Waals surface area contributed by atoms with Gasteiger partial charge in [-0.25, -0.2) is 0 Å². The SMILES string of the molecule is COc1cc(/C=C2\SC(=O)N(Cc3cc4c(cc3Cl)OCO4)C2=O)cc(I)c1OCC(=O)Nc1ccccc1. The molecular formula is C27H20ClIN2O7S. The number of rotatable bonds is 8. The molecule has 200 valence electrons. The number of nitrogens with one attached hydrogen (secondary N) is 1. The van der Waals surface area contributed by atoms with E-state index in [2.05, 4.69) is 27.9 Å². The normalized spacial score (nSPS) is 15.2. The Bertz CT molecular complexity index is 1500. The zero-order chi connectivity index (χ0) is 27.5. The molecule has 3 aromatic carbocycles. The zero-order valence-corrected chi connectivity index (χ0v) is 24.1. The number of amides is 3. The Morgan fingerprint density at radius 1 is 1.15 bits per heavy atom. The molecule has 2 heterocycles. The Balaban J connectivity index is 1.29. The van der Waals surface area contributed by atoms with Crippen LogP contribution in [0.4, 0.5) is 10.5 Å². The summed E-state index contributed by atoms with van der Waals surface area (Å²) in [6, 6.07) is 15.8. The number of thioether (sulfide) groups is 1. The molecule has 2 aliphatic rings.